The molecule has 0 saturated carbocycles. The summed E-state index contributed by atoms with van der Waals surface area (Å²) in [5.74, 6) is 0.631. The summed E-state index contributed by atoms with van der Waals surface area (Å²) < 4.78 is 22.6. The Kier molecular flexibility index (Phi) is 6.58. The van der Waals surface area contributed by atoms with Crippen molar-refractivity contribution in [3.63, 3.8) is 0 Å². The first-order chi connectivity index (χ1) is 16.3. The van der Waals surface area contributed by atoms with E-state index in [1.165, 1.54) is 19.2 Å². The van der Waals surface area contributed by atoms with Gasteiger partial charge >= 0.3 is 0 Å². The van der Waals surface area contributed by atoms with Crippen molar-refractivity contribution in [2.75, 3.05) is 13.7 Å². The van der Waals surface area contributed by atoms with E-state index in [0.717, 1.165) is 11.6 Å². The Labute approximate surface area is 196 Å². The van der Waals surface area contributed by atoms with E-state index in [-0.39, 0.29) is 35.2 Å². The molecule has 1 heterocycles. The van der Waals surface area contributed by atoms with E-state index in [1.807, 2.05) is 6.92 Å². The number of ether oxygens (including phenoxy) is 4. The number of phenolic OH excluding ortho intramolecular Hbond substituents is 3. The average Bonchev–Trinajstić information content (AvgIpc) is 2.81. The molecule has 1 aliphatic heterocycles. The lowest BCUT2D eigenvalue weighted by Crippen LogP contribution is -2.34. The van der Waals surface area contributed by atoms with Crippen LogP contribution in [-0.2, 0) is 6.61 Å². The fourth-order valence-corrected chi connectivity index (χ4v) is 3.86. The zero-order valence-corrected chi connectivity index (χ0v) is 18.6. The minimum absolute atomic E-state index is 0.00485. The monoisotopic (exact) mass is 470 g/mol. The van der Waals surface area contributed by atoms with Gasteiger partial charge in [0.25, 0.3) is 0 Å². The van der Waals surface area contributed by atoms with E-state index in [9.17, 15) is 25.5 Å². The predicted molar refractivity (Wildman–Crippen MR) is 121 cm³/mol. The van der Waals surface area contributed by atoms with E-state index < -0.39 is 18.3 Å². The first-order valence-electron chi connectivity index (χ1n) is 10.7. The van der Waals surface area contributed by atoms with Crippen molar-refractivity contribution in [3.05, 3.63) is 65.2 Å². The van der Waals surface area contributed by atoms with Crippen LogP contribution in [0.1, 0.15) is 35.8 Å². The lowest BCUT2D eigenvalue weighted by Gasteiger charge is -2.35. The quantitative estimate of drug-likeness (QED) is 0.352. The minimum atomic E-state index is -1.44. The van der Waals surface area contributed by atoms with Gasteiger partial charge in [0.2, 0.25) is 0 Å². The first kappa shape index (κ1) is 23.3. The predicted octanol–water partition coefficient (Wildman–Crippen LogP) is 3.32. The van der Waals surface area contributed by atoms with Crippen LogP contribution in [0.2, 0.25) is 0 Å². The lowest BCUT2D eigenvalue weighted by molar-refractivity contribution is -0.0711. The Balaban J connectivity index is 1.63. The zero-order chi connectivity index (χ0) is 24.4. The standard InChI is InChI=1S/C25H26O9/c1-3-32-18-7-5-14(9-20(18)33-12-13-4-6-16(27)19(8-13)31-2)25-24(30)23(29)22-17(28)10-15(26)11-21(22)34-25/h4-11,23-30H,3,12H2,1-2H3. The minimum Gasteiger partial charge on any atom is -0.508 e. The second-order valence-corrected chi connectivity index (χ2v) is 7.78. The molecule has 180 valence electrons. The lowest BCUT2D eigenvalue weighted by atomic mass is 9.91. The number of phenols is 3. The highest BCUT2D eigenvalue weighted by Crippen LogP contribution is 2.47. The Morgan fingerprint density at radius 3 is 2.38 bits per heavy atom. The van der Waals surface area contributed by atoms with Gasteiger partial charge in [0.05, 0.1) is 19.3 Å². The maximum Gasteiger partial charge on any atom is 0.162 e. The number of hydrogen-bond donors (Lipinski definition) is 5. The molecule has 34 heavy (non-hydrogen) atoms. The van der Waals surface area contributed by atoms with Crippen molar-refractivity contribution in [3.8, 4) is 40.2 Å². The Hall–Kier alpha value is -3.82. The van der Waals surface area contributed by atoms with Crippen LogP contribution < -0.4 is 18.9 Å². The van der Waals surface area contributed by atoms with Gasteiger partial charge in [-0.05, 0) is 42.3 Å². The number of rotatable bonds is 7. The molecule has 0 aromatic heterocycles. The zero-order valence-electron chi connectivity index (χ0n) is 18.6. The number of benzene rings is 3. The molecule has 0 fully saturated rings. The number of hydrogen-bond acceptors (Lipinski definition) is 9. The van der Waals surface area contributed by atoms with Gasteiger partial charge in [-0.1, -0.05) is 12.1 Å². The third kappa shape index (κ3) is 4.48. The van der Waals surface area contributed by atoms with Crippen LogP contribution in [0.15, 0.2) is 48.5 Å². The molecule has 0 spiro atoms. The molecule has 5 N–H and O–H groups in total. The summed E-state index contributed by atoms with van der Waals surface area (Å²) in [4.78, 5) is 0. The summed E-state index contributed by atoms with van der Waals surface area (Å²) in [5.41, 5.74) is 1.23. The summed E-state index contributed by atoms with van der Waals surface area (Å²) >= 11 is 0. The third-order valence-corrected chi connectivity index (χ3v) is 5.52. The summed E-state index contributed by atoms with van der Waals surface area (Å²) in [6, 6.07) is 12.2. The summed E-state index contributed by atoms with van der Waals surface area (Å²) in [7, 11) is 1.46. The van der Waals surface area contributed by atoms with Crippen LogP contribution in [0.25, 0.3) is 0 Å². The van der Waals surface area contributed by atoms with Crippen LogP contribution in [0, 0.1) is 0 Å². The van der Waals surface area contributed by atoms with E-state index in [0.29, 0.717) is 29.4 Å². The molecule has 3 atom stereocenters. The van der Waals surface area contributed by atoms with E-state index >= 15 is 0 Å². The van der Waals surface area contributed by atoms with Gasteiger partial charge in [0.1, 0.15) is 36.1 Å². The number of aliphatic hydroxyl groups excluding tert-OH is 2. The largest absolute Gasteiger partial charge is 0.508 e. The molecule has 1 aliphatic rings. The van der Waals surface area contributed by atoms with E-state index in [1.54, 1.807) is 30.3 Å². The molecular formula is C25H26O9. The van der Waals surface area contributed by atoms with Crippen LogP contribution >= 0.6 is 0 Å². The van der Waals surface area contributed by atoms with Gasteiger partial charge in [-0.2, -0.15) is 0 Å². The molecule has 4 rings (SSSR count). The topological polar surface area (TPSA) is 138 Å². The fraction of sp³-hybridized carbons (Fsp3) is 0.280. The van der Waals surface area contributed by atoms with Crippen molar-refractivity contribution in [2.45, 2.75) is 31.8 Å². The molecule has 0 radical (unpaired) electrons. The highest BCUT2D eigenvalue weighted by molar-refractivity contribution is 5.53. The number of aromatic hydroxyl groups is 3. The van der Waals surface area contributed by atoms with Crippen LogP contribution in [0.3, 0.4) is 0 Å². The fourth-order valence-electron chi connectivity index (χ4n) is 3.86. The molecule has 0 saturated heterocycles. The molecule has 3 unspecified atom stereocenters. The van der Waals surface area contributed by atoms with Gasteiger partial charge in [0.15, 0.2) is 29.1 Å². The molecule has 0 amide bonds. The Morgan fingerprint density at radius 1 is 0.853 bits per heavy atom. The highest BCUT2D eigenvalue weighted by Gasteiger charge is 2.39. The molecule has 3 aromatic carbocycles. The van der Waals surface area contributed by atoms with Crippen molar-refractivity contribution in [2.24, 2.45) is 0 Å². The summed E-state index contributed by atoms with van der Waals surface area (Å²) in [6.07, 6.45) is -3.83. The van der Waals surface area contributed by atoms with Crippen molar-refractivity contribution in [1.82, 2.24) is 0 Å². The van der Waals surface area contributed by atoms with Crippen molar-refractivity contribution >= 4 is 0 Å². The van der Waals surface area contributed by atoms with Gasteiger partial charge in [-0.25, -0.2) is 0 Å². The van der Waals surface area contributed by atoms with E-state index in [4.69, 9.17) is 18.9 Å². The number of aliphatic hydroxyl groups is 2. The van der Waals surface area contributed by atoms with Crippen LogP contribution in [-0.4, -0.2) is 45.4 Å². The van der Waals surface area contributed by atoms with Gasteiger partial charge in [-0.15, -0.1) is 0 Å². The summed E-state index contributed by atoms with van der Waals surface area (Å²) in [6.45, 7) is 2.38. The Bertz CT molecular complexity index is 1180. The molecule has 0 bridgehead atoms. The van der Waals surface area contributed by atoms with Gasteiger partial charge in [-0.3, -0.25) is 0 Å². The number of fused-ring (bicyclic) bond motifs is 1. The maximum atomic E-state index is 10.7. The second kappa shape index (κ2) is 9.58. The molecule has 3 aromatic rings. The molecule has 0 aliphatic carbocycles. The average molecular weight is 470 g/mol. The molecule has 9 heteroatoms. The van der Waals surface area contributed by atoms with E-state index in [2.05, 4.69) is 0 Å². The number of methoxy groups -OCH3 is 1. The summed E-state index contributed by atoms with van der Waals surface area (Å²) in [5, 5.41) is 51.0. The normalized spacial score (nSPS) is 19.1. The smallest absolute Gasteiger partial charge is 0.162 e. The maximum absolute atomic E-state index is 10.7. The van der Waals surface area contributed by atoms with Crippen LogP contribution in [0.4, 0.5) is 0 Å². The van der Waals surface area contributed by atoms with Crippen molar-refractivity contribution < 1.29 is 44.5 Å². The van der Waals surface area contributed by atoms with Crippen molar-refractivity contribution in [1.29, 1.82) is 0 Å². The molecular weight excluding hydrogens is 444 g/mol. The van der Waals surface area contributed by atoms with Gasteiger partial charge < -0.3 is 44.5 Å². The third-order valence-electron chi connectivity index (χ3n) is 5.52. The van der Waals surface area contributed by atoms with Crippen LogP contribution in [0.5, 0.6) is 40.2 Å². The molecule has 9 nitrogen and oxygen atoms in total. The second-order valence-electron chi connectivity index (χ2n) is 7.78. The highest BCUT2D eigenvalue weighted by atomic mass is 16.5. The Morgan fingerprint density at radius 2 is 1.65 bits per heavy atom. The first-order valence-corrected chi connectivity index (χ1v) is 10.7. The van der Waals surface area contributed by atoms with Gasteiger partial charge in [0, 0.05) is 12.1 Å². The SMILES string of the molecule is CCOc1ccc(C2Oc3cc(O)cc(O)c3C(O)C2O)cc1OCc1ccc(O)c(OC)c1.